The van der Waals surface area contributed by atoms with Crippen molar-refractivity contribution in [1.29, 1.82) is 0 Å². The summed E-state index contributed by atoms with van der Waals surface area (Å²) in [4.78, 5) is 3.85. The third-order valence-electron chi connectivity index (χ3n) is 3.72. The second-order valence-corrected chi connectivity index (χ2v) is 7.45. The molecule has 106 valence electrons. The van der Waals surface area contributed by atoms with Gasteiger partial charge in [-0.1, -0.05) is 18.2 Å². The quantitative estimate of drug-likeness (QED) is 0.887. The van der Waals surface area contributed by atoms with Gasteiger partial charge < -0.3 is 10.2 Å². The molecular weight excluding hydrogens is 332 g/mol. The Morgan fingerprint density at radius 3 is 3.05 bits per heavy atom. The average molecular weight is 351 g/mol. The Kier molecular flexibility index (Phi) is 4.44. The molecule has 2 aromatic rings. The molecule has 0 bridgehead atoms. The highest BCUT2D eigenvalue weighted by Gasteiger charge is 2.19. The first kappa shape index (κ1) is 14.1. The van der Waals surface area contributed by atoms with Crippen LogP contribution in [-0.2, 0) is 13.0 Å². The van der Waals surface area contributed by atoms with Gasteiger partial charge in [-0.15, -0.1) is 11.3 Å². The molecule has 0 amide bonds. The first-order chi connectivity index (χ1) is 9.70. The van der Waals surface area contributed by atoms with Gasteiger partial charge in [0.25, 0.3) is 0 Å². The van der Waals surface area contributed by atoms with Crippen LogP contribution in [0.2, 0.25) is 0 Å². The predicted molar refractivity (Wildman–Crippen MR) is 90.5 cm³/mol. The van der Waals surface area contributed by atoms with Crippen molar-refractivity contribution in [2.75, 3.05) is 25.5 Å². The number of thiophene rings is 1. The smallest absolute Gasteiger partial charge is 0.0372 e. The van der Waals surface area contributed by atoms with Gasteiger partial charge in [0, 0.05) is 40.1 Å². The van der Waals surface area contributed by atoms with Crippen LogP contribution in [0.4, 0.5) is 5.69 Å². The number of nitrogens with zero attached hydrogens (tertiary/aromatic N) is 1. The number of rotatable bonds is 4. The summed E-state index contributed by atoms with van der Waals surface area (Å²) in [6, 6.07) is 10.9. The predicted octanol–water partition coefficient (Wildman–Crippen LogP) is 4.23. The molecule has 1 atom stereocenters. The molecule has 2 nitrogen and oxygen atoms in total. The van der Waals surface area contributed by atoms with Gasteiger partial charge in [-0.25, -0.2) is 0 Å². The van der Waals surface area contributed by atoms with E-state index in [4.69, 9.17) is 0 Å². The normalized spacial score (nSPS) is 17.9. The second-order valence-electron chi connectivity index (χ2n) is 5.54. The topological polar surface area (TPSA) is 15.3 Å². The molecule has 1 aromatic carbocycles. The first-order valence-corrected chi connectivity index (χ1v) is 8.61. The zero-order valence-electron chi connectivity index (χ0n) is 11.6. The van der Waals surface area contributed by atoms with Crippen LogP contribution < -0.4 is 5.32 Å². The molecule has 20 heavy (non-hydrogen) atoms. The van der Waals surface area contributed by atoms with Gasteiger partial charge in [0.05, 0.1) is 0 Å². The summed E-state index contributed by atoms with van der Waals surface area (Å²) in [5.74, 6) is 0.693. The zero-order chi connectivity index (χ0) is 13.9. The van der Waals surface area contributed by atoms with Gasteiger partial charge in [0.2, 0.25) is 0 Å². The van der Waals surface area contributed by atoms with Crippen LogP contribution in [0.25, 0.3) is 0 Å². The molecule has 0 spiro atoms. The first-order valence-electron chi connectivity index (χ1n) is 6.94. The van der Waals surface area contributed by atoms with Crippen LogP contribution in [0.3, 0.4) is 0 Å². The number of benzene rings is 1. The third kappa shape index (κ3) is 3.43. The largest absolute Gasteiger partial charge is 0.384 e. The van der Waals surface area contributed by atoms with E-state index in [-0.39, 0.29) is 0 Å². The fourth-order valence-electron chi connectivity index (χ4n) is 2.85. The molecule has 1 aliphatic rings. The van der Waals surface area contributed by atoms with Gasteiger partial charge in [-0.2, -0.15) is 0 Å². The van der Waals surface area contributed by atoms with Crippen LogP contribution in [0.1, 0.15) is 10.4 Å². The zero-order valence-corrected chi connectivity index (χ0v) is 14.0. The fourth-order valence-corrected chi connectivity index (χ4v) is 4.38. The summed E-state index contributed by atoms with van der Waals surface area (Å²) in [7, 11) is 2.22. The van der Waals surface area contributed by atoms with Gasteiger partial charge in [-0.05, 0) is 53.0 Å². The molecule has 1 unspecified atom stereocenters. The van der Waals surface area contributed by atoms with Crippen molar-refractivity contribution in [3.05, 3.63) is 50.6 Å². The maximum absolute atomic E-state index is 3.55. The van der Waals surface area contributed by atoms with Crippen molar-refractivity contribution in [2.45, 2.75) is 13.0 Å². The monoisotopic (exact) mass is 350 g/mol. The highest BCUT2D eigenvalue weighted by molar-refractivity contribution is 9.10. The van der Waals surface area contributed by atoms with Crippen LogP contribution in [0.5, 0.6) is 0 Å². The van der Waals surface area contributed by atoms with Gasteiger partial charge in [0.15, 0.2) is 0 Å². The summed E-state index contributed by atoms with van der Waals surface area (Å²) in [6.07, 6.45) is 1.18. The minimum absolute atomic E-state index is 0.693. The van der Waals surface area contributed by atoms with Crippen LogP contribution in [0.15, 0.2) is 40.2 Å². The van der Waals surface area contributed by atoms with Crippen molar-refractivity contribution in [2.24, 2.45) is 5.92 Å². The third-order valence-corrected chi connectivity index (χ3v) is 5.41. The molecule has 4 heteroatoms. The van der Waals surface area contributed by atoms with E-state index in [0.717, 1.165) is 19.6 Å². The van der Waals surface area contributed by atoms with Gasteiger partial charge >= 0.3 is 0 Å². The molecule has 0 fully saturated rings. The Morgan fingerprint density at radius 2 is 2.25 bits per heavy atom. The lowest BCUT2D eigenvalue weighted by atomic mass is 9.93. The van der Waals surface area contributed by atoms with E-state index in [1.165, 1.54) is 27.0 Å². The van der Waals surface area contributed by atoms with Crippen molar-refractivity contribution in [3.8, 4) is 0 Å². The Labute approximate surface area is 132 Å². The van der Waals surface area contributed by atoms with E-state index >= 15 is 0 Å². The molecule has 3 rings (SSSR count). The minimum Gasteiger partial charge on any atom is -0.384 e. The standard InChI is InChI=1S/C16H19BrN2S/c1-19(10-15-7-14(17)11-20-15)9-12-6-13-4-2-3-5-16(13)18-8-12/h2-5,7,11-12,18H,6,8-10H2,1H3. The Bertz CT molecular complexity index is 581. The number of anilines is 1. The van der Waals surface area contributed by atoms with Gasteiger partial charge in [-0.3, -0.25) is 0 Å². The number of para-hydroxylation sites is 1. The van der Waals surface area contributed by atoms with E-state index in [1.807, 2.05) is 11.3 Å². The number of nitrogens with one attached hydrogen (secondary N) is 1. The molecule has 1 N–H and O–H groups in total. The van der Waals surface area contributed by atoms with Crippen molar-refractivity contribution >= 4 is 33.0 Å². The fraction of sp³-hybridized carbons (Fsp3) is 0.375. The summed E-state index contributed by atoms with van der Waals surface area (Å²) in [5, 5.41) is 5.71. The number of fused-ring (bicyclic) bond motifs is 1. The second kappa shape index (κ2) is 6.29. The molecule has 1 aromatic heterocycles. The van der Waals surface area contributed by atoms with Crippen LogP contribution in [-0.4, -0.2) is 25.0 Å². The summed E-state index contributed by atoms with van der Waals surface area (Å²) in [5.41, 5.74) is 2.77. The highest BCUT2D eigenvalue weighted by Crippen LogP contribution is 2.25. The molecule has 0 saturated carbocycles. The lowest BCUT2D eigenvalue weighted by molar-refractivity contribution is 0.273. The van der Waals surface area contributed by atoms with E-state index < -0.39 is 0 Å². The van der Waals surface area contributed by atoms with E-state index in [2.05, 4.69) is 68.9 Å². The molecule has 0 aliphatic carbocycles. The summed E-state index contributed by atoms with van der Waals surface area (Å²) in [6.45, 7) is 3.25. The Morgan fingerprint density at radius 1 is 1.40 bits per heavy atom. The molecule has 1 aliphatic heterocycles. The van der Waals surface area contributed by atoms with Crippen molar-refractivity contribution in [3.63, 3.8) is 0 Å². The maximum Gasteiger partial charge on any atom is 0.0372 e. The Hall–Kier alpha value is -0.840. The van der Waals surface area contributed by atoms with Crippen LogP contribution >= 0.6 is 27.3 Å². The van der Waals surface area contributed by atoms with Crippen molar-refractivity contribution in [1.82, 2.24) is 4.90 Å². The molecular formula is C16H19BrN2S. The van der Waals surface area contributed by atoms with Crippen molar-refractivity contribution < 1.29 is 0 Å². The molecule has 0 saturated heterocycles. The molecule has 2 heterocycles. The number of hydrogen-bond acceptors (Lipinski definition) is 3. The van der Waals surface area contributed by atoms with E-state index in [1.54, 1.807) is 0 Å². The van der Waals surface area contributed by atoms with E-state index in [0.29, 0.717) is 5.92 Å². The number of halogens is 1. The summed E-state index contributed by atoms with van der Waals surface area (Å²) >= 11 is 5.34. The Balaban J connectivity index is 1.56. The van der Waals surface area contributed by atoms with Gasteiger partial charge in [0.1, 0.15) is 0 Å². The molecule has 0 radical (unpaired) electrons. The average Bonchev–Trinajstić information content (AvgIpc) is 2.83. The lowest BCUT2D eigenvalue weighted by Gasteiger charge is -2.29. The SMILES string of the molecule is CN(Cc1cc(Br)cs1)CC1CNc2ccccc2C1. The maximum atomic E-state index is 3.55. The lowest BCUT2D eigenvalue weighted by Crippen LogP contribution is -2.33. The van der Waals surface area contributed by atoms with E-state index in [9.17, 15) is 0 Å². The summed E-state index contributed by atoms with van der Waals surface area (Å²) < 4.78 is 1.19. The minimum atomic E-state index is 0.693. The van der Waals surface area contributed by atoms with Crippen LogP contribution in [0, 0.1) is 5.92 Å². The number of hydrogen-bond donors (Lipinski definition) is 1. The highest BCUT2D eigenvalue weighted by atomic mass is 79.9.